The van der Waals surface area contributed by atoms with Crippen molar-refractivity contribution in [2.45, 2.75) is 46.0 Å². The highest BCUT2D eigenvalue weighted by Crippen LogP contribution is 2.26. The van der Waals surface area contributed by atoms with Gasteiger partial charge in [0.25, 0.3) is 0 Å². The van der Waals surface area contributed by atoms with E-state index in [9.17, 15) is 13.2 Å². The summed E-state index contributed by atoms with van der Waals surface area (Å²) in [5, 5.41) is 0. The predicted octanol–water partition coefficient (Wildman–Crippen LogP) is 7.02. The second kappa shape index (κ2) is 9.29. The van der Waals surface area contributed by atoms with Gasteiger partial charge in [-0.1, -0.05) is 57.0 Å². The Labute approximate surface area is 131 Å². The van der Waals surface area contributed by atoms with Crippen LogP contribution in [0.4, 0.5) is 13.2 Å². The highest BCUT2D eigenvalue weighted by molar-refractivity contribution is 5.74. The van der Waals surface area contributed by atoms with E-state index < -0.39 is 11.7 Å². The van der Waals surface area contributed by atoms with E-state index in [0.717, 1.165) is 18.1 Å². The van der Waals surface area contributed by atoms with Crippen LogP contribution in [0.2, 0.25) is 0 Å². The number of hydrogen-bond acceptors (Lipinski definition) is 0. The number of hydrogen-bond donors (Lipinski definition) is 0. The Morgan fingerprint density at radius 3 is 2.27 bits per heavy atom. The molecule has 0 bridgehead atoms. The minimum atomic E-state index is -1.50. The first-order valence-corrected chi connectivity index (χ1v) is 7.63. The molecule has 0 aliphatic heterocycles. The van der Waals surface area contributed by atoms with Crippen molar-refractivity contribution in [3.63, 3.8) is 0 Å². The minimum absolute atomic E-state index is 0.377. The van der Waals surface area contributed by atoms with Gasteiger partial charge in [0, 0.05) is 0 Å². The molecular weight excluding hydrogens is 285 g/mol. The summed E-state index contributed by atoms with van der Waals surface area (Å²) in [6.07, 6.45) is 5.78. The zero-order chi connectivity index (χ0) is 16.5. The van der Waals surface area contributed by atoms with Crippen LogP contribution in [0.15, 0.2) is 54.4 Å². The molecule has 1 unspecified atom stereocenters. The van der Waals surface area contributed by atoms with Crippen molar-refractivity contribution < 1.29 is 13.2 Å². The van der Waals surface area contributed by atoms with Gasteiger partial charge in [0.15, 0.2) is 11.7 Å². The summed E-state index contributed by atoms with van der Waals surface area (Å²) < 4.78 is 38.2. The predicted molar refractivity (Wildman–Crippen MR) is 87.5 cm³/mol. The van der Waals surface area contributed by atoms with Crippen molar-refractivity contribution in [1.82, 2.24) is 0 Å². The molecule has 3 heteroatoms. The van der Waals surface area contributed by atoms with E-state index in [0.29, 0.717) is 11.5 Å². The second-order valence-electron chi connectivity index (χ2n) is 5.36. The standard InChI is InChI=1S/C19H23F3/c1-4-6-7-14(3)16-8-10-17(11-9-16)15(5-2)12-18(21)19(22)13-20/h5,8-14H,4,6-7H2,1-3H3/b15-5+,18-12+,19-13-. The molecule has 22 heavy (non-hydrogen) atoms. The molecule has 1 aromatic carbocycles. The fourth-order valence-corrected chi connectivity index (χ4v) is 2.27. The van der Waals surface area contributed by atoms with E-state index in [1.54, 1.807) is 13.0 Å². The van der Waals surface area contributed by atoms with Crippen LogP contribution in [0.5, 0.6) is 0 Å². The summed E-state index contributed by atoms with van der Waals surface area (Å²) in [5.74, 6) is -2.23. The molecule has 0 aromatic heterocycles. The molecular formula is C19H23F3. The highest BCUT2D eigenvalue weighted by Gasteiger charge is 2.08. The maximum atomic E-state index is 13.4. The largest absolute Gasteiger partial charge is 0.212 e. The molecule has 0 aliphatic carbocycles. The van der Waals surface area contributed by atoms with Gasteiger partial charge >= 0.3 is 0 Å². The topological polar surface area (TPSA) is 0 Å². The molecule has 0 radical (unpaired) electrons. The minimum Gasteiger partial charge on any atom is -0.212 e. The summed E-state index contributed by atoms with van der Waals surface area (Å²) in [7, 11) is 0. The van der Waals surface area contributed by atoms with Crippen molar-refractivity contribution in [3.8, 4) is 0 Å². The van der Waals surface area contributed by atoms with Gasteiger partial charge in [-0.05, 0) is 42.0 Å². The number of unbranched alkanes of at least 4 members (excludes halogenated alkanes) is 1. The average molecular weight is 308 g/mol. The van der Waals surface area contributed by atoms with E-state index in [1.165, 1.54) is 18.4 Å². The molecule has 120 valence electrons. The molecule has 0 N–H and O–H groups in total. The summed E-state index contributed by atoms with van der Waals surface area (Å²) in [6, 6.07) is 7.78. The SMILES string of the molecule is C\C=C(/C=C(F)\C(F)=C\F)c1ccc(C(C)CCCC)cc1. The second-order valence-corrected chi connectivity index (χ2v) is 5.36. The molecule has 0 nitrogen and oxygen atoms in total. The van der Waals surface area contributed by atoms with Gasteiger partial charge in [-0.25, -0.2) is 13.2 Å². The lowest BCUT2D eigenvalue weighted by atomic mass is 9.93. The van der Waals surface area contributed by atoms with Gasteiger partial charge in [0.1, 0.15) is 6.33 Å². The molecule has 0 saturated heterocycles. The Morgan fingerprint density at radius 1 is 1.14 bits per heavy atom. The third-order valence-electron chi connectivity index (χ3n) is 3.72. The monoisotopic (exact) mass is 308 g/mol. The van der Waals surface area contributed by atoms with Crippen LogP contribution in [0.3, 0.4) is 0 Å². The fourth-order valence-electron chi connectivity index (χ4n) is 2.27. The average Bonchev–Trinajstić information content (AvgIpc) is 2.56. The molecule has 0 aliphatic rings. The van der Waals surface area contributed by atoms with Gasteiger partial charge in [-0.2, -0.15) is 0 Å². The van der Waals surface area contributed by atoms with Crippen molar-refractivity contribution in [1.29, 1.82) is 0 Å². The van der Waals surface area contributed by atoms with Crippen LogP contribution < -0.4 is 0 Å². The molecule has 0 heterocycles. The van der Waals surface area contributed by atoms with Gasteiger partial charge in [-0.15, -0.1) is 0 Å². The van der Waals surface area contributed by atoms with Crippen molar-refractivity contribution in [2.75, 3.05) is 0 Å². The Bertz CT molecular complexity index is 551. The summed E-state index contributed by atoms with van der Waals surface area (Å²) >= 11 is 0. The molecule has 0 spiro atoms. The van der Waals surface area contributed by atoms with Gasteiger partial charge in [-0.3, -0.25) is 0 Å². The lowest BCUT2D eigenvalue weighted by Crippen LogP contribution is -1.94. The molecule has 0 amide bonds. The van der Waals surface area contributed by atoms with E-state index >= 15 is 0 Å². The molecule has 0 saturated carbocycles. The van der Waals surface area contributed by atoms with Crippen LogP contribution in [0.1, 0.15) is 57.1 Å². The number of benzene rings is 1. The Hall–Kier alpha value is -1.77. The van der Waals surface area contributed by atoms with Crippen molar-refractivity contribution >= 4 is 5.57 Å². The Kier molecular flexibility index (Phi) is 7.72. The van der Waals surface area contributed by atoms with Gasteiger partial charge < -0.3 is 0 Å². The van der Waals surface area contributed by atoms with Crippen LogP contribution in [0.25, 0.3) is 5.57 Å². The van der Waals surface area contributed by atoms with Crippen LogP contribution in [-0.4, -0.2) is 0 Å². The highest BCUT2D eigenvalue weighted by atomic mass is 19.2. The summed E-state index contributed by atoms with van der Waals surface area (Å²) in [4.78, 5) is 0. The smallest absolute Gasteiger partial charge is 0.186 e. The van der Waals surface area contributed by atoms with E-state index in [4.69, 9.17) is 0 Å². The molecule has 0 fully saturated rings. The molecule has 1 atom stereocenters. The van der Waals surface area contributed by atoms with Crippen LogP contribution in [-0.2, 0) is 0 Å². The Balaban J connectivity index is 2.93. The first kappa shape index (κ1) is 18.3. The maximum absolute atomic E-state index is 13.4. The third-order valence-corrected chi connectivity index (χ3v) is 3.72. The lowest BCUT2D eigenvalue weighted by molar-refractivity contribution is 0.520. The third kappa shape index (κ3) is 5.21. The van der Waals surface area contributed by atoms with E-state index in [2.05, 4.69) is 13.8 Å². The number of allylic oxidation sites excluding steroid dienone is 5. The number of halogens is 3. The lowest BCUT2D eigenvalue weighted by Gasteiger charge is -2.12. The zero-order valence-electron chi connectivity index (χ0n) is 13.4. The molecule has 1 aromatic rings. The summed E-state index contributed by atoms with van der Waals surface area (Å²) in [6.45, 7) is 6.08. The zero-order valence-corrected chi connectivity index (χ0v) is 13.4. The van der Waals surface area contributed by atoms with Crippen molar-refractivity contribution in [2.24, 2.45) is 0 Å². The van der Waals surface area contributed by atoms with Crippen LogP contribution in [0, 0.1) is 0 Å². The quantitative estimate of drug-likeness (QED) is 0.475. The first-order valence-electron chi connectivity index (χ1n) is 7.63. The fraction of sp³-hybridized carbons (Fsp3) is 0.368. The number of rotatable bonds is 7. The Morgan fingerprint density at radius 2 is 1.77 bits per heavy atom. The van der Waals surface area contributed by atoms with Crippen molar-refractivity contribution in [3.05, 3.63) is 65.5 Å². The normalized spacial score (nSPS) is 15.1. The molecule has 1 rings (SSSR count). The maximum Gasteiger partial charge on any atom is 0.186 e. The summed E-state index contributed by atoms with van der Waals surface area (Å²) in [5.41, 5.74) is 2.52. The van der Waals surface area contributed by atoms with E-state index in [1.807, 2.05) is 24.3 Å². The van der Waals surface area contributed by atoms with E-state index in [-0.39, 0.29) is 6.33 Å². The first-order chi connectivity index (χ1) is 10.5. The van der Waals surface area contributed by atoms with Gasteiger partial charge in [0.05, 0.1) is 0 Å². The van der Waals surface area contributed by atoms with Gasteiger partial charge in [0.2, 0.25) is 0 Å². The van der Waals surface area contributed by atoms with Crippen LogP contribution >= 0.6 is 0 Å².